The first-order chi connectivity index (χ1) is 9.65. The maximum atomic E-state index is 11.7. The predicted molar refractivity (Wildman–Crippen MR) is 69.0 cm³/mol. The highest BCUT2D eigenvalue weighted by molar-refractivity contribution is 5.70. The van der Waals surface area contributed by atoms with Crippen LogP contribution < -0.4 is 11.3 Å². The molecule has 3 rings (SSSR count). The van der Waals surface area contributed by atoms with Crippen LogP contribution in [0.5, 0.6) is 0 Å². The average molecular weight is 281 g/mol. The van der Waals surface area contributed by atoms with E-state index in [1.807, 2.05) is 0 Å². The van der Waals surface area contributed by atoms with Crippen LogP contribution in [0.15, 0.2) is 11.1 Å². The van der Waals surface area contributed by atoms with Crippen LogP contribution in [0.1, 0.15) is 6.04 Å². The number of hydrogen-bond acceptors (Lipinski definition) is 7. The second-order valence-corrected chi connectivity index (χ2v) is 4.74. The Bertz CT molecular complexity index is 681. The fourth-order valence-corrected chi connectivity index (χ4v) is 2.62. The Morgan fingerprint density at radius 1 is 1.50 bits per heavy atom. The SMILES string of the molecule is Nc1nc2c(ncn2[C@H]2CO[C@@H](CO)[C@@H]2CO)c(=O)[nH]1. The summed E-state index contributed by atoms with van der Waals surface area (Å²) in [5.74, 6) is -0.290. The van der Waals surface area contributed by atoms with E-state index in [-0.39, 0.29) is 36.6 Å². The number of aromatic nitrogens is 4. The van der Waals surface area contributed by atoms with Crippen molar-refractivity contribution in [2.45, 2.75) is 12.1 Å². The predicted octanol–water partition coefficient (Wildman–Crippen LogP) is -1.76. The minimum Gasteiger partial charge on any atom is -0.396 e. The number of aliphatic hydroxyl groups excluding tert-OH is 2. The number of ether oxygens (including phenoxy) is 1. The zero-order chi connectivity index (χ0) is 14.3. The average Bonchev–Trinajstić information content (AvgIpc) is 3.00. The van der Waals surface area contributed by atoms with Crippen molar-refractivity contribution in [3.8, 4) is 0 Å². The Labute approximate surface area is 113 Å². The molecular weight excluding hydrogens is 266 g/mol. The van der Waals surface area contributed by atoms with Gasteiger partial charge < -0.3 is 25.3 Å². The van der Waals surface area contributed by atoms with Gasteiger partial charge in [0, 0.05) is 5.92 Å². The highest BCUT2D eigenvalue weighted by atomic mass is 16.5. The first-order valence-corrected chi connectivity index (χ1v) is 6.21. The summed E-state index contributed by atoms with van der Waals surface area (Å²) in [5, 5.41) is 18.7. The molecule has 3 atom stereocenters. The maximum absolute atomic E-state index is 11.7. The van der Waals surface area contributed by atoms with E-state index in [1.165, 1.54) is 6.33 Å². The Hall–Kier alpha value is -1.97. The lowest BCUT2D eigenvalue weighted by Gasteiger charge is -2.20. The van der Waals surface area contributed by atoms with Gasteiger partial charge in [0.25, 0.3) is 5.56 Å². The Morgan fingerprint density at radius 3 is 3.00 bits per heavy atom. The molecule has 1 aliphatic heterocycles. The van der Waals surface area contributed by atoms with E-state index in [4.69, 9.17) is 10.5 Å². The summed E-state index contributed by atoms with van der Waals surface area (Å²) in [5.41, 5.74) is 5.66. The molecule has 108 valence electrons. The van der Waals surface area contributed by atoms with Crippen molar-refractivity contribution in [3.63, 3.8) is 0 Å². The normalized spacial score (nSPS) is 26.4. The third-order valence-corrected chi connectivity index (χ3v) is 3.65. The van der Waals surface area contributed by atoms with Crippen LogP contribution in [0.25, 0.3) is 11.2 Å². The number of nitrogens with two attached hydrogens (primary N) is 1. The standard InChI is InChI=1S/C11H15N5O4/c12-11-14-9-8(10(19)15-11)13-4-16(9)6-3-20-7(2-18)5(6)1-17/h4-7,17-18H,1-3H2,(H3,12,14,15,19)/t5-,6+,7+/m1/s1. The van der Waals surface area contributed by atoms with Gasteiger partial charge >= 0.3 is 0 Å². The van der Waals surface area contributed by atoms with E-state index in [9.17, 15) is 15.0 Å². The third kappa shape index (κ3) is 1.87. The molecule has 0 bridgehead atoms. The van der Waals surface area contributed by atoms with Crippen LogP contribution in [-0.4, -0.2) is 55.7 Å². The van der Waals surface area contributed by atoms with Crippen LogP contribution in [-0.2, 0) is 4.74 Å². The minimum atomic E-state index is -0.443. The number of nitrogens with one attached hydrogen (secondary N) is 1. The monoisotopic (exact) mass is 281 g/mol. The highest BCUT2D eigenvalue weighted by Crippen LogP contribution is 2.32. The first-order valence-electron chi connectivity index (χ1n) is 6.21. The number of nitrogens with zero attached hydrogens (tertiary/aromatic N) is 3. The molecule has 2 aromatic heterocycles. The fraction of sp³-hybridized carbons (Fsp3) is 0.545. The molecule has 2 aromatic rings. The number of hydrogen-bond donors (Lipinski definition) is 4. The Morgan fingerprint density at radius 2 is 2.30 bits per heavy atom. The van der Waals surface area contributed by atoms with Gasteiger partial charge in [-0.2, -0.15) is 4.98 Å². The van der Waals surface area contributed by atoms with Crippen molar-refractivity contribution >= 4 is 17.1 Å². The minimum absolute atomic E-state index is 0.00224. The van der Waals surface area contributed by atoms with Crippen LogP contribution in [0.4, 0.5) is 5.95 Å². The Kier molecular flexibility index (Phi) is 3.16. The second-order valence-electron chi connectivity index (χ2n) is 4.74. The number of aliphatic hydroxyl groups is 2. The van der Waals surface area contributed by atoms with Gasteiger partial charge in [-0.05, 0) is 0 Å². The summed E-state index contributed by atoms with van der Waals surface area (Å²) in [6.45, 7) is -0.0188. The summed E-state index contributed by atoms with van der Waals surface area (Å²) in [7, 11) is 0. The lowest BCUT2D eigenvalue weighted by atomic mass is 9.98. The third-order valence-electron chi connectivity index (χ3n) is 3.65. The number of H-pyrrole nitrogens is 1. The fourth-order valence-electron chi connectivity index (χ4n) is 2.62. The molecule has 0 aliphatic carbocycles. The topological polar surface area (TPSA) is 139 Å². The number of anilines is 1. The van der Waals surface area contributed by atoms with Gasteiger partial charge in [0.15, 0.2) is 11.2 Å². The van der Waals surface area contributed by atoms with E-state index in [1.54, 1.807) is 4.57 Å². The number of aromatic amines is 1. The van der Waals surface area contributed by atoms with Crippen molar-refractivity contribution in [1.82, 2.24) is 19.5 Å². The van der Waals surface area contributed by atoms with Gasteiger partial charge in [-0.1, -0.05) is 0 Å². The van der Waals surface area contributed by atoms with Crippen LogP contribution in [0.3, 0.4) is 0 Å². The number of nitrogen functional groups attached to an aromatic ring is 1. The quantitative estimate of drug-likeness (QED) is 0.522. The van der Waals surface area contributed by atoms with Crippen LogP contribution >= 0.6 is 0 Å². The second kappa shape index (κ2) is 4.85. The molecule has 20 heavy (non-hydrogen) atoms. The summed E-state index contributed by atoms with van der Waals surface area (Å²) in [4.78, 5) is 22.2. The highest BCUT2D eigenvalue weighted by Gasteiger charge is 2.38. The summed E-state index contributed by atoms with van der Waals surface area (Å²) in [6, 6.07) is -0.254. The van der Waals surface area contributed by atoms with E-state index < -0.39 is 11.7 Å². The van der Waals surface area contributed by atoms with Crippen molar-refractivity contribution < 1.29 is 14.9 Å². The summed E-state index contributed by atoms with van der Waals surface area (Å²) in [6.07, 6.45) is 1.03. The lowest BCUT2D eigenvalue weighted by molar-refractivity contribution is 0.0268. The number of rotatable bonds is 3. The van der Waals surface area contributed by atoms with Crippen molar-refractivity contribution in [1.29, 1.82) is 0 Å². The van der Waals surface area contributed by atoms with Gasteiger partial charge in [-0.15, -0.1) is 0 Å². The molecule has 3 heterocycles. The molecule has 1 fully saturated rings. The zero-order valence-electron chi connectivity index (χ0n) is 10.6. The maximum Gasteiger partial charge on any atom is 0.280 e. The molecule has 0 saturated carbocycles. The van der Waals surface area contributed by atoms with Gasteiger partial charge in [-0.3, -0.25) is 9.78 Å². The molecule has 9 heteroatoms. The van der Waals surface area contributed by atoms with E-state index in [0.717, 1.165) is 0 Å². The molecule has 1 saturated heterocycles. The van der Waals surface area contributed by atoms with Crippen molar-refractivity contribution in [2.24, 2.45) is 5.92 Å². The molecular formula is C11H15N5O4. The van der Waals surface area contributed by atoms with Crippen LogP contribution in [0, 0.1) is 5.92 Å². The zero-order valence-corrected chi connectivity index (χ0v) is 10.6. The Balaban J connectivity index is 2.09. The van der Waals surface area contributed by atoms with Crippen molar-refractivity contribution in [3.05, 3.63) is 16.7 Å². The largest absolute Gasteiger partial charge is 0.396 e. The van der Waals surface area contributed by atoms with Crippen molar-refractivity contribution in [2.75, 3.05) is 25.6 Å². The summed E-state index contributed by atoms with van der Waals surface area (Å²) >= 11 is 0. The van der Waals surface area contributed by atoms with E-state index in [2.05, 4.69) is 15.0 Å². The van der Waals surface area contributed by atoms with E-state index >= 15 is 0 Å². The van der Waals surface area contributed by atoms with Gasteiger partial charge in [-0.25, -0.2) is 4.98 Å². The van der Waals surface area contributed by atoms with E-state index in [0.29, 0.717) is 12.3 Å². The molecule has 0 radical (unpaired) electrons. The number of imidazole rings is 1. The van der Waals surface area contributed by atoms with Gasteiger partial charge in [0.05, 0.1) is 38.3 Å². The van der Waals surface area contributed by atoms with Crippen LogP contribution in [0.2, 0.25) is 0 Å². The molecule has 0 unspecified atom stereocenters. The summed E-state index contributed by atoms with van der Waals surface area (Å²) < 4.78 is 7.11. The molecule has 5 N–H and O–H groups in total. The molecule has 9 nitrogen and oxygen atoms in total. The molecule has 0 spiro atoms. The molecule has 0 amide bonds. The molecule has 1 aliphatic rings. The molecule has 0 aromatic carbocycles. The smallest absolute Gasteiger partial charge is 0.280 e. The number of fused-ring (bicyclic) bond motifs is 1. The first kappa shape index (κ1) is 13.0. The van der Waals surface area contributed by atoms with Gasteiger partial charge in [0.1, 0.15) is 0 Å². The lowest BCUT2D eigenvalue weighted by Crippen LogP contribution is -2.28. The van der Waals surface area contributed by atoms with Gasteiger partial charge in [0.2, 0.25) is 5.95 Å².